The highest BCUT2D eigenvalue weighted by atomic mass is 19.1. The van der Waals surface area contributed by atoms with Crippen molar-refractivity contribution in [2.75, 3.05) is 6.54 Å². The lowest BCUT2D eigenvalue weighted by Crippen LogP contribution is -2.39. The Bertz CT molecular complexity index is 1330. The molecule has 4 aromatic rings. The molecule has 0 fully saturated rings. The average molecular weight is 400 g/mol. The first-order chi connectivity index (χ1) is 14.6. The Labute approximate surface area is 171 Å². The van der Waals surface area contributed by atoms with Crippen molar-refractivity contribution in [1.29, 1.82) is 0 Å². The number of pyridine rings is 1. The number of fused-ring (bicyclic) bond motifs is 2. The summed E-state index contributed by atoms with van der Waals surface area (Å²) in [5.74, 6) is -0.108. The third-order valence-electron chi connectivity index (χ3n) is 5.33. The maximum Gasteiger partial charge on any atom is 0.254 e. The molecule has 1 aliphatic rings. The maximum absolute atomic E-state index is 13.2. The van der Waals surface area contributed by atoms with E-state index in [1.807, 2.05) is 24.3 Å². The van der Waals surface area contributed by atoms with Crippen LogP contribution in [0.1, 0.15) is 21.6 Å². The third-order valence-corrected chi connectivity index (χ3v) is 5.33. The summed E-state index contributed by atoms with van der Waals surface area (Å²) in [4.78, 5) is 38.9. The number of rotatable bonds is 2. The SMILES string of the molecule is O=C(c1ccc2ncccc2c1)N1CCc2c(nc(-c3ccc(F)cc3)[nH]c2=O)C1. The summed E-state index contributed by atoms with van der Waals surface area (Å²) in [5.41, 5.74) is 2.95. The number of carbonyl (C=O) groups excluding carboxylic acids is 1. The van der Waals surface area contributed by atoms with E-state index in [-0.39, 0.29) is 23.8 Å². The number of nitrogens with zero attached hydrogens (tertiary/aromatic N) is 3. The van der Waals surface area contributed by atoms with Gasteiger partial charge in [-0.05, 0) is 55.0 Å². The minimum Gasteiger partial charge on any atom is -0.332 e. The predicted molar refractivity (Wildman–Crippen MR) is 110 cm³/mol. The number of halogens is 1. The Morgan fingerprint density at radius 1 is 1.10 bits per heavy atom. The fourth-order valence-electron chi connectivity index (χ4n) is 3.75. The highest BCUT2D eigenvalue weighted by Crippen LogP contribution is 2.21. The summed E-state index contributed by atoms with van der Waals surface area (Å²) in [5, 5.41) is 0.897. The molecule has 1 amide bonds. The van der Waals surface area contributed by atoms with Crippen molar-refractivity contribution in [2.45, 2.75) is 13.0 Å². The Balaban J connectivity index is 1.46. The minimum atomic E-state index is -0.360. The van der Waals surface area contributed by atoms with Crippen LogP contribution >= 0.6 is 0 Å². The van der Waals surface area contributed by atoms with Crippen LogP contribution in [0.2, 0.25) is 0 Å². The molecule has 0 saturated carbocycles. The van der Waals surface area contributed by atoms with Gasteiger partial charge in [0.25, 0.3) is 11.5 Å². The number of carbonyl (C=O) groups is 1. The third kappa shape index (κ3) is 3.24. The number of aromatic amines is 1. The van der Waals surface area contributed by atoms with E-state index in [1.54, 1.807) is 29.3 Å². The normalized spacial score (nSPS) is 13.3. The van der Waals surface area contributed by atoms with Gasteiger partial charge in [-0.1, -0.05) is 6.07 Å². The van der Waals surface area contributed by atoms with Gasteiger partial charge in [-0.2, -0.15) is 0 Å². The molecule has 7 heteroatoms. The molecule has 0 saturated heterocycles. The predicted octanol–water partition coefficient (Wildman–Crippen LogP) is 3.32. The van der Waals surface area contributed by atoms with Gasteiger partial charge in [0.05, 0.1) is 17.8 Å². The molecule has 0 bridgehead atoms. The van der Waals surface area contributed by atoms with Crippen LogP contribution in [0, 0.1) is 5.82 Å². The molecule has 2 aromatic carbocycles. The molecule has 0 unspecified atom stereocenters. The van der Waals surface area contributed by atoms with E-state index < -0.39 is 0 Å². The second-order valence-corrected chi connectivity index (χ2v) is 7.23. The van der Waals surface area contributed by atoms with Crippen molar-refractivity contribution >= 4 is 16.8 Å². The number of hydrogen-bond acceptors (Lipinski definition) is 4. The van der Waals surface area contributed by atoms with E-state index in [2.05, 4.69) is 15.0 Å². The lowest BCUT2D eigenvalue weighted by Gasteiger charge is -2.28. The van der Waals surface area contributed by atoms with E-state index in [1.165, 1.54) is 12.1 Å². The topological polar surface area (TPSA) is 79.0 Å². The van der Waals surface area contributed by atoms with Crippen LogP contribution < -0.4 is 5.56 Å². The molecule has 0 aliphatic carbocycles. The van der Waals surface area contributed by atoms with Crippen LogP contribution in [0.25, 0.3) is 22.3 Å². The molecule has 2 aromatic heterocycles. The summed E-state index contributed by atoms with van der Waals surface area (Å²) >= 11 is 0. The molecular formula is C23H17FN4O2. The van der Waals surface area contributed by atoms with Crippen molar-refractivity contribution < 1.29 is 9.18 Å². The molecule has 1 aliphatic heterocycles. The number of benzene rings is 2. The molecule has 0 spiro atoms. The van der Waals surface area contributed by atoms with Crippen molar-refractivity contribution in [3.05, 3.63) is 93.8 Å². The van der Waals surface area contributed by atoms with Crippen molar-refractivity contribution in [1.82, 2.24) is 19.9 Å². The standard InChI is InChI=1S/C23H17FN4O2/c24-17-6-3-14(4-7-17)21-26-20-13-28(11-9-18(20)22(29)27-21)23(30)16-5-8-19-15(12-16)2-1-10-25-19/h1-8,10,12H,9,11,13H2,(H,26,27,29). The van der Waals surface area contributed by atoms with Crippen LogP contribution in [0.15, 0.2) is 65.6 Å². The van der Waals surface area contributed by atoms with E-state index >= 15 is 0 Å². The molecule has 1 N–H and O–H groups in total. The zero-order valence-corrected chi connectivity index (χ0v) is 15.9. The van der Waals surface area contributed by atoms with Gasteiger partial charge in [-0.15, -0.1) is 0 Å². The van der Waals surface area contributed by atoms with Gasteiger partial charge in [-0.25, -0.2) is 9.37 Å². The first-order valence-electron chi connectivity index (χ1n) is 9.60. The van der Waals surface area contributed by atoms with Gasteiger partial charge in [0.1, 0.15) is 11.6 Å². The minimum absolute atomic E-state index is 0.114. The molecule has 5 rings (SSSR count). The second kappa shape index (κ2) is 7.18. The lowest BCUT2D eigenvalue weighted by molar-refractivity contribution is 0.0731. The zero-order chi connectivity index (χ0) is 20.7. The average Bonchev–Trinajstić information content (AvgIpc) is 2.78. The highest BCUT2D eigenvalue weighted by Gasteiger charge is 2.25. The number of hydrogen-bond donors (Lipinski definition) is 1. The fourth-order valence-corrected chi connectivity index (χ4v) is 3.75. The first kappa shape index (κ1) is 18.2. The monoisotopic (exact) mass is 400 g/mol. The van der Waals surface area contributed by atoms with Crippen LogP contribution in [-0.2, 0) is 13.0 Å². The van der Waals surface area contributed by atoms with Crippen LogP contribution in [0.4, 0.5) is 4.39 Å². The van der Waals surface area contributed by atoms with Gasteiger partial charge in [0.15, 0.2) is 0 Å². The molecule has 30 heavy (non-hydrogen) atoms. The van der Waals surface area contributed by atoms with Gasteiger partial charge >= 0.3 is 0 Å². The summed E-state index contributed by atoms with van der Waals surface area (Å²) < 4.78 is 13.2. The van der Waals surface area contributed by atoms with Gasteiger partial charge in [0.2, 0.25) is 0 Å². The van der Waals surface area contributed by atoms with Gasteiger partial charge in [-0.3, -0.25) is 14.6 Å². The number of aromatic nitrogens is 3. The van der Waals surface area contributed by atoms with Crippen molar-refractivity contribution in [3.8, 4) is 11.4 Å². The van der Waals surface area contributed by atoms with Gasteiger partial charge < -0.3 is 9.88 Å². The zero-order valence-electron chi connectivity index (χ0n) is 15.9. The summed E-state index contributed by atoms with van der Waals surface area (Å²) in [6.07, 6.45) is 2.15. The Morgan fingerprint density at radius 2 is 1.93 bits per heavy atom. The van der Waals surface area contributed by atoms with Crippen molar-refractivity contribution in [3.63, 3.8) is 0 Å². The fraction of sp³-hybridized carbons (Fsp3) is 0.130. The van der Waals surface area contributed by atoms with Gasteiger partial charge in [0, 0.05) is 34.8 Å². The van der Waals surface area contributed by atoms with E-state index in [9.17, 15) is 14.0 Å². The molecule has 0 radical (unpaired) electrons. The smallest absolute Gasteiger partial charge is 0.254 e. The molecule has 148 valence electrons. The maximum atomic E-state index is 13.2. The number of amides is 1. The molecule has 6 nitrogen and oxygen atoms in total. The molecular weight excluding hydrogens is 383 g/mol. The quantitative estimate of drug-likeness (QED) is 0.560. The second-order valence-electron chi connectivity index (χ2n) is 7.23. The summed E-state index contributed by atoms with van der Waals surface area (Å²) in [6.45, 7) is 0.689. The largest absolute Gasteiger partial charge is 0.332 e. The van der Waals surface area contributed by atoms with E-state index in [0.29, 0.717) is 41.2 Å². The Morgan fingerprint density at radius 3 is 2.77 bits per heavy atom. The lowest BCUT2D eigenvalue weighted by atomic mass is 10.0. The van der Waals surface area contributed by atoms with Crippen LogP contribution in [0.3, 0.4) is 0 Å². The van der Waals surface area contributed by atoms with Crippen LogP contribution in [-0.4, -0.2) is 32.3 Å². The van der Waals surface area contributed by atoms with E-state index in [4.69, 9.17) is 0 Å². The Kier molecular flexibility index (Phi) is 4.35. The summed E-state index contributed by atoms with van der Waals surface area (Å²) in [6, 6.07) is 14.9. The first-order valence-corrected chi connectivity index (χ1v) is 9.60. The van der Waals surface area contributed by atoms with Crippen LogP contribution in [0.5, 0.6) is 0 Å². The number of H-pyrrole nitrogens is 1. The Hall–Kier alpha value is -3.87. The van der Waals surface area contributed by atoms with E-state index in [0.717, 1.165) is 10.9 Å². The summed E-state index contributed by atoms with van der Waals surface area (Å²) in [7, 11) is 0. The molecule has 0 atom stereocenters. The highest BCUT2D eigenvalue weighted by molar-refractivity contribution is 5.98. The number of nitrogens with one attached hydrogen (secondary N) is 1. The molecule has 3 heterocycles. The van der Waals surface area contributed by atoms with Crippen molar-refractivity contribution in [2.24, 2.45) is 0 Å².